The highest BCUT2D eigenvalue weighted by molar-refractivity contribution is 5.72. The van der Waals surface area contributed by atoms with Crippen molar-refractivity contribution in [1.29, 1.82) is 0 Å². The molecule has 0 N–H and O–H groups in total. The molecule has 0 amide bonds. The molecule has 1 aliphatic carbocycles. The molecule has 1 unspecified atom stereocenters. The summed E-state index contributed by atoms with van der Waals surface area (Å²) in [5, 5.41) is 0. The van der Waals surface area contributed by atoms with Gasteiger partial charge in [-0.3, -0.25) is 4.79 Å². The van der Waals surface area contributed by atoms with E-state index in [4.69, 9.17) is 0 Å². The maximum Gasteiger partial charge on any atom is 0.309 e. The Balaban J connectivity index is 2.62. The zero-order valence-corrected chi connectivity index (χ0v) is 9.59. The van der Waals surface area contributed by atoms with Gasteiger partial charge >= 0.3 is 5.97 Å². The van der Waals surface area contributed by atoms with Crippen LogP contribution in [0.4, 0.5) is 0 Å². The number of esters is 1. The summed E-state index contributed by atoms with van der Waals surface area (Å²) >= 11 is 0. The van der Waals surface area contributed by atoms with Gasteiger partial charge in [-0.1, -0.05) is 32.4 Å². The molecule has 0 aliphatic heterocycles. The van der Waals surface area contributed by atoms with Gasteiger partial charge in [0.25, 0.3) is 0 Å². The van der Waals surface area contributed by atoms with Gasteiger partial charge in [-0.05, 0) is 24.2 Å². The van der Waals surface area contributed by atoms with Crippen molar-refractivity contribution in [2.75, 3.05) is 7.11 Å². The van der Waals surface area contributed by atoms with E-state index < -0.39 is 0 Å². The number of rotatable bonds is 2. The number of hydrogen-bond donors (Lipinski definition) is 0. The van der Waals surface area contributed by atoms with E-state index >= 15 is 0 Å². The van der Waals surface area contributed by atoms with Crippen LogP contribution >= 0.6 is 0 Å². The highest BCUT2D eigenvalue weighted by atomic mass is 16.5. The Morgan fingerprint density at radius 1 is 1.64 bits per heavy atom. The summed E-state index contributed by atoms with van der Waals surface area (Å²) in [6.07, 6.45) is 4.90. The van der Waals surface area contributed by atoms with Crippen LogP contribution in [0.25, 0.3) is 0 Å². The van der Waals surface area contributed by atoms with Crippen LogP contribution in [-0.4, -0.2) is 13.1 Å². The summed E-state index contributed by atoms with van der Waals surface area (Å²) < 4.78 is 4.66. The maximum absolute atomic E-state index is 11.1. The molecule has 2 heteroatoms. The van der Waals surface area contributed by atoms with E-state index in [0.717, 1.165) is 12.8 Å². The molecule has 2 nitrogen and oxygen atoms in total. The Hall–Kier alpha value is -0.790. The van der Waals surface area contributed by atoms with Crippen LogP contribution in [-0.2, 0) is 9.53 Å². The minimum absolute atomic E-state index is 0.122. The van der Waals surface area contributed by atoms with Crippen molar-refractivity contribution in [3.63, 3.8) is 0 Å². The number of carbonyl (C=O) groups excluding carboxylic acids is 1. The molecule has 0 fully saturated rings. The molecule has 0 aromatic carbocycles. The average Bonchev–Trinajstić information content (AvgIpc) is 2.12. The van der Waals surface area contributed by atoms with Gasteiger partial charge in [-0.15, -0.1) is 0 Å². The largest absolute Gasteiger partial charge is 0.469 e. The van der Waals surface area contributed by atoms with Gasteiger partial charge in [0.1, 0.15) is 0 Å². The van der Waals surface area contributed by atoms with E-state index in [1.807, 2.05) is 0 Å². The third-order valence-corrected chi connectivity index (χ3v) is 3.41. The lowest BCUT2D eigenvalue weighted by atomic mass is 9.71. The third kappa shape index (κ3) is 2.60. The average molecular weight is 196 g/mol. The van der Waals surface area contributed by atoms with E-state index in [2.05, 4.69) is 31.6 Å². The summed E-state index contributed by atoms with van der Waals surface area (Å²) in [5.41, 5.74) is 1.61. The molecule has 0 aromatic rings. The molecule has 14 heavy (non-hydrogen) atoms. The van der Waals surface area contributed by atoms with Gasteiger partial charge in [-0.2, -0.15) is 0 Å². The minimum atomic E-state index is -0.122. The van der Waals surface area contributed by atoms with Gasteiger partial charge in [0.15, 0.2) is 0 Å². The molecular weight excluding hydrogens is 176 g/mol. The highest BCUT2D eigenvalue weighted by Crippen LogP contribution is 2.39. The molecule has 0 radical (unpaired) electrons. The first-order valence-corrected chi connectivity index (χ1v) is 5.22. The zero-order chi connectivity index (χ0) is 10.8. The molecule has 1 aliphatic rings. The molecule has 0 saturated heterocycles. The zero-order valence-electron chi connectivity index (χ0n) is 9.59. The molecule has 0 heterocycles. The normalized spacial score (nSPS) is 25.4. The number of allylic oxidation sites excluding steroid dienone is 1. The molecule has 0 saturated carbocycles. The van der Waals surface area contributed by atoms with Crippen molar-refractivity contribution in [1.82, 2.24) is 0 Å². The lowest BCUT2D eigenvalue weighted by Gasteiger charge is -2.34. The number of ether oxygens (including phenoxy) is 1. The molecule has 80 valence electrons. The van der Waals surface area contributed by atoms with E-state index in [0.29, 0.717) is 17.8 Å². The van der Waals surface area contributed by atoms with Crippen LogP contribution in [0.3, 0.4) is 0 Å². The topological polar surface area (TPSA) is 26.3 Å². The lowest BCUT2D eigenvalue weighted by molar-refractivity contribution is -0.139. The standard InChI is InChI=1S/C12H20O2/c1-9-7-10(8-11(13)14-4)5-6-12(9,2)3/h7,9H,5-6,8H2,1-4H3. The predicted octanol–water partition coefficient (Wildman–Crippen LogP) is 2.93. The summed E-state index contributed by atoms with van der Waals surface area (Å²) in [6, 6.07) is 0. The fraction of sp³-hybridized carbons (Fsp3) is 0.750. The SMILES string of the molecule is COC(=O)CC1=CC(C)C(C)(C)CC1. The Bertz CT molecular complexity index is 251. The van der Waals surface area contributed by atoms with Crippen LogP contribution in [0.5, 0.6) is 0 Å². The van der Waals surface area contributed by atoms with Crippen LogP contribution in [0.15, 0.2) is 11.6 Å². The van der Waals surface area contributed by atoms with Crippen LogP contribution in [0.2, 0.25) is 0 Å². The summed E-state index contributed by atoms with van der Waals surface area (Å²) in [4.78, 5) is 11.1. The van der Waals surface area contributed by atoms with Crippen molar-refractivity contribution in [2.24, 2.45) is 11.3 Å². The molecule has 0 spiro atoms. The van der Waals surface area contributed by atoms with E-state index in [9.17, 15) is 4.79 Å². The van der Waals surface area contributed by atoms with Crippen molar-refractivity contribution >= 4 is 5.97 Å². The van der Waals surface area contributed by atoms with Crippen molar-refractivity contribution in [3.05, 3.63) is 11.6 Å². The van der Waals surface area contributed by atoms with Gasteiger partial charge in [0.05, 0.1) is 13.5 Å². The first-order chi connectivity index (χ1) is 6.45. The monoisotopic (exact) mass is 196 g/mol. The number of carbonyl (C=O) groups is 1. The fourth-order valence-corrected chi connectivity index (χ4v) is 1.78. The summed E-state index contributed by atoms with van der Waals surface area (Å²) in [7, 11) is 1.44. The summed E-state index contributed by atoms with van der Waals surface area (Å²) in [6.45, 7) is 6.78. The van der Waals surface area contributed by atoms with Gasteiger partial charge < -0.3 is 4.74 Å². The molecule has 1 rings (SSSR count). The molecular formula is C12H20O2. The van der Waals surface area contributed by atoms with Crippen molar-refractivity contribution in [3.8, 4) is 0 Å². The van der Waals surface area contributed by atoms with Gasteiger partial charge in [0, 0.05) is 0 Å². The van der Waals surface area contributed by atoms with E-state index in [1.54, 1.807) is 0 Å². The van der Waals surface area contributed by atoms with Gasteiger partial charge in [-0.25, -0.2) is 0 Å². The van der Waals surface area contributed by atoms with E-state index in [-0.39, 0.29) is 5.97 Å². The number of hydrogen-bond acceptors (Lipinski definition) is 2. The molecule has 0 aromatic heterocycles. The maximum atomic E-state index is 11.1. The quantitative estimate of drug-likeness (QED) is 0.501. The minimum Gasteiger partial charge on any atom is -0.469 e. The third-order valence-electron chi connectivity index (χ3n) is 3.41. The van der Waals surface area contributed by atoms with Gasteiger partial charge in [0.2, 0.25) is 0 Å². The predicted molar refractivity (Wildman–Crippen MR) is 56.9 cm³/mol. The Labute approximate surface area is 86.3 Å². The van der Waals surface area contributed by atoms with E-state index in [1.165, 1.54) is 12.7 Å². The smallest absolute Gasteiger partial charge is 0.309 e. The first kappa shape index (κ1) is 11.3. The second kappa shape index (κ2) is 4.16. The Morgan fingerprint density at radius 3 is 2.79 bits per heavy atom. The van der Waals surface area contributed by atoms with Crippen molar-refractivity contribution in [2.45, 2.75) is 40.0 Å². The van der Waals surface area contributed by atoms with Crippen molar-refractivity contribution < 1.29 is 9.53 Å². The highest BCUT2D eigenvalue weighted by Gasteiger charge is 2.28. The Morgan fingerprint density at radius 2 is 2.29 bits per heavy atom. The second-order valence-electron chi connectivity index (χ2n) is 4.86. The van der Waals surface area contributed by atoms with Crippen LogP contribution in [0.1, 0.15) is 40.0 Å². The van der Waals surface area contributed by atoms with Crippen LogP contribution < -0.4 is 0 Å². The number of methoxy groups -OCH3 is 1. The van der Waals surface area contributed by atoms with Crippen LogP contribution in [0, 0.1) is 11.3 Å². The second-order valence-corrected chi connectivity index (χ2v) is 4.86. The molecule has 1 atom stereocenters. The molecule has 0 bridgehead atoms. The first-order valence-electron chi connectivity index (χ1n) is 5.22. The Kier molecular flexibility index (Phi) is 3.35. The lowest BCUT2D eigenvalue weighted by Crippen LogP contribution is -2.24. The summed E-state index contributed by atoms with van der Waals surface area (Å²) in [5.74, 6) is 0.430. The fourth-order valence-electron chi connectivity index (χ4n) is 1.78.